The number of hydrogen-bond donors (Lipinski definition) is 1. The fourth-order valence-corrected chi connectivity index (χ4v) is 3.16. The van der Waals surface area contributed by atoms with E-state index in [1.165, 1.54) is 0 Å². The van der Waals surface area contributed by atoms with Crippen molar-refractivity contribution in [3.8, 4) is 11.4 Å². The van der Waals surface area contributed by atoms with E-state index in [0.717, 1.165) is 17.5 Å². The van der Waals surface area contributed by atoms with Crippen LogP contribution in [0.4, 0.5) is 0 Å². The highest BCUT2D eigenvalue weighted by Gasteiger charge is 2.27. The van der Waals surface area contributed by atoms with E-state index >= 15 is 0 Å². The molecule has 0 saturated heterocycles. The summed E-state index contributed by atoms with van der Waals surface area (Å²) in [7, 11) is 0. The molecule has 0 aliphatic carbocycles. The van der Waals surface area contributed by atoms with Crippen molar-refractivity contribution in [3.05, 3.63) is 69.5 Å². The smallest absolute Gasteiger partial charge is 0.253 e. The van der Waals surface area contributed by atoms with Crippen molar-refractivity contribution in [3.63, 3.8) is 0 Å². The Balaban J connectivity index is 1.88. The number of aryl methyl sites for hydroxylation is 1. The second-order valence-corrected chi connectivity index (χ2v) is 7.55. The van der Waals surface area contributed by atoms with Crippen LogP contribution in [0, 0.1) is 12.8 Å². The molecule has 0 saturated carbocycles. The molecule has 1 amide bonds. The van der Waals surface area contributed by atoms with E-state index in [-0.39, 0.29) is 11.8 Å². The summed E-state index contributed by atoms with van der Waals surface area (Å²) in [6, 6.07) is 12.1. The van der Waals surface area contributed by atoms with Crippen molar-refractivity contribution in [2.24, 2.45) is 5.92 Å². The molecule has 0 aliphatic rings. The first-order valence-corrected chi connectivity index (χ1v) is 9.81. The van der Waals surface area contributed by atoms with Gasteiger partial charge in [0.2, 0.25) is 11.7 Å². The molecule has 3 aromatic rings. The summed E-state index contributed by atoms with van der Waals surface area (Å²) in [6.45, 7) is 5.98. The second kappa shape index (κ2) is 8.76. The van der Waals surface area contributed by atoms with Crippen LogP contribution in [0.2, 0.25) is 10.0 Å². The number of amides is 1. The molecule has 2 atom stereocenters. The van der Waals surface area contributed by atoms with Crippen LogP contribution in [0.1, 0.15) is 48.1 Å². The number of carbonyl (C=O) groups excluding carboxylic acids is 1. The van der Waals surface area contributed by atoms with Gasteiger partial charge in [0.1, 0.15) is 6.04 Å². The Bertz CT molecular complexity index is 987. The van der Waals surface area contributed by atoms with Crippen molar-refractivity contribution in [1.82, 2.24) is 15.5 Å². The average Bonchev–Trinajstić information content (AvgIpc) is 3.17. The van der Waals surface area contributed by atoms with Gasteiger partial charge in [-0.05, 0) is 36.6 Å². The molecule has 28 heavy (non-hydrogen) atoms. The third kappa shape index (κ3) is 4.37. The van der Waals surface area contributed by atoms with Gasteiger partial charge in [-0.1, -0.05) is 72.9 Å². The largest absolute Gasteiger partial charge is 0.340 e. The zero-order chi connectivity index (χ0) is 20.3. The van der Waals surface area contributed by atoms with Gasteiger partial charge < -0.3 is 9.84 Å². The van der Waals surface area contributed by atoms with Crippen LogP contribution in [-0.2, 0) is 0 Å². The van der Waals surface area contributed by atoms with E-state index in [4.69, 9.17) is 27.7 Å². The highest BCUT2D eigenvalue weighted by Crippen LogP contribution is 2.28. The minimum absolute atomic E-state index is 0.0846. The summed E-state index contributed by atoms with van der Waals surface area (Å²) in [4.78, 5) is 17.2. The standard InChI is InChI=1S/C21H21Cl2N3O2/c1-4-12(2)18(24-20(27)15-7-5-6-8-16(15)22)21-25-19(26-28-21)14-10-9-13(3)17(23)11-14/h5-12,18H,4H2,1-3H3,(H,24,27)/t12-,18-/m1/s1. The fraction of sp³-hybridized carbons (Fsp3) is 0.286. The molecule has 146 valence electrons. The SMILES string of the molecule is CC[C@@H](C)[C@@H](NC(=O)c1ccccc1Cl)c1nc(-c2ccc(C)c(Cl)c2)no1. The molecule has 1 heterocycles. The van der Waals surface area contributed by atoms with Crippen LogP contribution in [0.25, 0.3) is 11.4 Å². The lowest BCUT2D eigenvalue weighted by molar-refractivity contribution is 0.0910. The van der Waals surface area contributed by atoms with Crippen LogP contribution in [-0.4, -0.2) is 16.0 Å². The minimum Gasteiger partial charge on any atom is -0.340 e. The topological polar surface area (TPSA) is 68.0 Å². The molecule has 0 unspecified atom stereocenters. The van der Waals surface area contributed by atoms with Crippen molar-refractivity contribution >= 4 is 29.1 Å². The molecule has 0 fully saturated rings. The summed E-state index contributed by atoms with van der Waals surface area (Å²) < 4.78 is 5.49. The molecule has 3 rings (SSSR count). The molecule has 2 aromatic carbocycles. The predicted octanol–water partition coefficient (Wildman–Crippen LogP) is 5.87. The minimum atomic E-state index is -0.434. The number of hydrogen-bond acceptors (Lipinski definition) is 4. The lowest BCUT2D eigenvalue weighted by Gasteiger charge is -2.21. The Morgan fingerprint density at radius 1 is 1.18 bits per heavy atom. The summed E-state index contributed by atoms with van der Waals surface area (Å²) in [5, 5.41) is 8.08. The molecular weight excluding hydrogens is 397 g/mol. The quantitative estimate of drug-likeness (QED) is 0.544. The summed E-state index contributed by atoms with van der Waals surface area (Å²) in [6.07, 6.45) is 0.821. The molecule has 1 N–H and O–H groups in total. The molecular formula is C21H21Cl2N3O2. The number of benzene rings is 2. The Hall–Kier alpha value is -2.37. The number of halogens is 2. The molecule has 0 radical (unpaired) electrons. The number of nitrogens with one attached hydrogen (secondary N) is 1. The number of rotatable bonds is 6. The van der Waals surface area contributed by atoms with Crippen LogP contribution in [0.3, 0.4) is 0 Å². The van der Waals surface area contributed by atoms with Crippen LogP contribution < -0.4 is 5.32 Å². The van der Waals surface area contributed by atoms with E-state index in [2.05, 4.69) is 15.5 Å². The molecule has 0 aliphatic heterocycles. The molecule has 5 nitrogen and oxygen atoms in total. The highest BCUT2D eigenvalue weighted by atomic mass is 35.5. The van der Waals surface area contributed by atoms with E-state index in [1.54, 1.807) is 30.3 Å². The van der Waals surface area contributed by atoms with E-state index in [0.29, 0.717) is 27.3 Å². The van der Waals surface area contributed by atoms with Gasteiger partial charge in [-0.25, -0.2) is 0 Å². The number of aromatic nitrogens is 2. The highest BCUT2D eigenvalue weighted by molar-refractivity contribution is 6.33. The number of nitrogens with zero attached hydrogens (tertiary/aromatic N) is 2. The Labute approximate surface area is 174 Å². The Kier molecular flexibility index (Phi) is 6.37. The first-order chi connectivity index (χ1) is 13.4. The molecule has 7 heteroatoms. The first kappa shape index (κ1) is 20.4. The van der Waals surface area contributed by atoms with Crippen LogP contribution in [0.15, 0.2) is 47.0 Å². The van der Waals surface area contributed by atoms with Gasteiger partial charge in [-0.3, -0.25) is 4.79 Å². The van der Waals surface area contributed by atoms with Gasteiger partial charge in [0, 0.05) is 10.6 Å². The summed E-state index contributed by atoms with van der Waals surface area (Å²) >= 11 is 12.4. The van der Waals surface area contributed by atoms with Gasteiger partial charge in [-0.15, -0.1) is 0 Å². The maximum atomic E-state index is 12.7. The number of carbonyl (C=O) groups is 1. The predicted molar refractivity (Wildman–Crippen MR) is 111 cm³/mol. The van der Waals surface area contributed by atoms with Gasteiger partial charge in [-0.2, -0.15) is 4.98 Å². The Morgan fingerprint density at radius 3 is 2.61 bits per heavy atom. The van der Waals surface area contributed by atoms with Crippen LogP contribution >= 0.6 is 23.2 Å². The van der Waals surface area contributed by atoms with Crippen molar-refractivity contribution in [1.29, 1.82) is 0 Å². The lowest BCUT2D eigenvalue weighted by atomic mass is 9.98. The maximum Gasteiger partial charge on any atom is 0.253 e. The van der Waals surface area contributed by atoms with E-state index < -0.39 is 6.04 Å². The van der Waals surface area contributed by atoms with E-state index in [1.807, 2.05) is 32.9 Å². The monoisotopic (exact) mass is 417 g/mol. The van der Waals surface area contributed by atoms with Gasteiger partial charge in [0.25, 0.3) is 5.91 Å². The fourth-order valence-electron chi connectivity index (χ4n) is 2.76. The third-order valence-corrected chi connectivity index (χ3v) is 5.49. The molecule has 1 aromatic heterocycles. The van der Waals surface area contributed by atoms with Crippen LogP contribution in [0.5, 0.6) is 0 Å². The normalized spacial score (nSPS) is 13.2. The molecule has 0 spiro atoms. The van der Waals surface area contributed by atoms with E-state index in [9.17, 15) is 4.79 Å². The first-order valence-electron chi connectivity index (χ1n) is 9.06. The van der Waals surface area contributed by atoms with Gasteiger partial charge in [0.05, 0.1) is 10.6 Å². The summed E-state index contributed by atoms with van der Waals surface area (Å²) in [5.41, 5.74) is 2.13. The zero-order valence-electron chi connectivity index (χ0n) is 15.9. The molecule has 0 bridgehead atoms. The average molecular weight is 418 g/mol. The maximum absolute atomic E-state index is 12.7. The van der Waals surface area contributed by atoms with Gasteiger partial charge >= 0.3 is 0 Å². The van der Waals surface area contributed by atoms with Crippen molar-refractivity contribution < 1.29 is 9.32 Å². The van der Waals surface area contributed by atoms with Crippen molar-refractivity contribution in [2.75, 3.05) is 0 Å². The summed E-state index contributed by atoms with van der Waals surface area (Å²) in [5.74, 6) is 0.578. The van der Waals surface area contributed by atoms with Crippen molar-refractivity contribution in [2.45, 2.75) is 33.2 Å². The lowest BCUT2D eigenvalue weighted by Crippen LogP contribution is -2.33. The second-order valence-electron chi connectivity index (χ2n) is 6.74. The third-order valence-electron chi connectivity index (χ3n) is 4.76. The zero-order valence-corrected chi connectivity index (χ0v) is 17.4. The Morgan fingerprint density at radius 2 is 1.93 bits per heavy atom. The van der Waals surface area contributed by atoms with Gasteiger partial charge in [0.15, 0.2) is 0 Å².